The van der Waals surface area contributed by atoms with E-state index >= 15 is 0 Å². The average molecular weight is 399 g/mol. The van der Waals surface area contributed by atoms with E-state index in [1.165, 1.54) is 24.0 Å². The molecule has 0 saturated carbocycles. The van der Waals surface area contributed by atoms with Gasteiger partial charge in [-0.1, -0.05) is 18.2 Å². The molecule has 1 N–H and O–H groups in total. The second kappa shape index (κ2) is 7.44. The number of halogens is 3. The van der Waals surface area contributed by atoms with Crippen molar-refractivity contribution in [1.82, 2.24) is 15.1 Å². The number of imide groups is 1. The van der Waals surface area contributed by atoms with Crippen LogP contribution in [0.3, 0.4) is 0 Å². The van der Waals surface area contributed by atoms with Gasteiger partial charge in [0.15, 0.2) is 0 Å². The number of benzene rings is 1. The van der Waals surface area contributed by atoms with Gasteiger partial charge in [0.25, 0.3) is 5.91 Å². The summed E-state index contributed by atoms with van der Waals surface area (Å²) in [7, 11) is 0. The van der Waals surface area contributed by atoms with Gasteiger partial charge in [0.05, 0.1) is 5.56 Å². The first-order valence-corrected chi connectivity index (χ1v) is 8.92. The molecule has 1 aromatic carbocycles. The molecular formula is C19H24F3N3O3. The molecule has 1 fully saturated rings. The molecule has 0 spiro atoms. The molecule has 1 aliphatic rings. The van der Waals surface area contributed by atoms with Crippen molar-refractivity contribution in [1.29, 1.82) is 0 Å². The van der Waals surface area contributed by atoms with Gasteiger partial charge in [-0.25, -0.2) is 4.79 Å². The minimum atomic E-state index is -4.69. The van der Waals surface area contributed by atoms with Crippen LogP contribution in [0.4, 0.5) is 18.0 Å². The zero-order chi connectivity index (χ0) is 21.4. The Morgan fingerprint density at radius 1 is 1.14 bits per heavy atom. The molecule has 1 heterocycles. The molecule has 1 atom stereocenters. The first-order chi connectivity index (χ1) is 12.8. The van der Waals surface area contributed by atoms with Crippen LogP contribution in [-0.4, -0.2) is 46.3 Å². The molecule has 0 radical (unpaired) electrons. The molecule has 1 saturated heterocycles. The summed E-state index contributed by atoms with van der Waals surface area (Å²) in [5, 5.41) is 2.33. The topological polar surface area (TPSA) is 69.7 Å². The van der Waals surface area contributed by atoms with E-state index in [0.717, 1.165) is 12.1 Å². The summed E-state index contributed by atoms with van der Waals surface area (Å²) in [6, 6.07) is 3.36. The van der Waals surface area contributed by atoms with Gasteiger partial charge < -0.3 is 10.2 Å². The summed E-state index contributed by atoms with van der Waals surface area (Å²) in [5.74, 6) is -1.35. The van der Waals surface area contributed by atoms with Crippen LogP contribution < -0.4 is 5.32 Å². The van der Waals surface area contributed by atoms with Crippen LogP contribution in [0.25, 0.3) is 0 Å². The van der Waals surface area contributed by atoms with E-state index in [0.29, 0.717) is 4.90 Å². The SMILES string of the molecule is CC(C)N(C(=O)CN1C(=O)N[C@](C)(c2ccccc2C(F)(F)F)C1=O)C(C)C. The molecule has 2 rings (SSSR count). The summed E-state index contributed by atoms with van der Waals surface area (Å²) in [6.07, 6.45) is -4.69. The van der Waals surface area contributed by atoms with Crippen LogP contribution in [0.2, 0.25) is 0 Å². The Morgan fingerprint density at radius 2 is 1.68 bits per heavy atom. The third-order valence-corrected chi connectivity index (χ3v) is 4.74. The Balaban J connectivity index is 2.37. The van der Waals surface area contributed by atoms with Crippen LogP contribution in [0.5, 0.6) is 0 Å². The van der Waals surface area contributed by atoms with Gasteiger partial charge in [-0.2, -0.15) is 13.2 Å². The number of nitrogens with one attached hydrogen (secondary N) is 1. The minimum absolute atomic E-state index is 0.161. The first kappa shape index (κ1) is 21.7. The van der Waals surface area contributed by atoms with Crippen LogP contribution >= 0.6 is 0 Å². The van der Waals surface area contributed by atoms with Crippen molar-refractivity contribution in [2.75, 3.05) is 6.54 Å². The van der Waals surface area contributed by atoms with Crippen molar-refractivity contribution in [2.45, 2.75) is 58.4 Å². The lowest BCUT2D eigenvalue weighted by Gasteiger charge is -2.32. The molecule has 1 aromatic rings. The van der Waals surface area contributed by atoms with Crippen molar-refractivity contribution in [3.05, 3.63) is 35.4 Å². The van der Waals surface area contributed by atoms with Gasteiger partial charge in [-0.3, -0.25) is 14.5 Å². The van der Waals surface area contributed by atoms with Gasteiger partial charge >= 0.3 is 12.2 Å². The maximum atomic E-state index is 13.4. The van der Waals surface area contributed by atoms with E-state index in [2.05, 4.69) is 5.32 Å². The third kappa shape index (κ3) is 3.83. The summed E-state index contributed by atoms with van der Waals surface area (Å²) < 4.78 is 40.2. The highest BCUT2D eigenvalue weighted by molar-refractivity contribution is 6.09. The molecule has 0 bridgehead atoms. The average Bonchev–Trinajstić information content (AvgIpc) is 2.77. The number of nitrogens with zero attached hydrogens (tertiary/aromatic N) is 2. The Hall–Kier alpha value is -2.58. The number of hydrogen-bond acceptors (Lipinski definition) is 3. The number of hydrogen-bond donors (Lipinski definition) is 1. The van der Waals surface area contributed by atoms with Crippen molar-refractivity contribution >= 4 is 17.8 Å². The lowest BCUT2D eigenvalue weighted by atomic mass is 9.87. The zero-order valence-electron chi connectivity index (χ0n) is 16.4. The predicted molar refractivity (Wildman–Crippen MR) is 96.2 cm³/mol. The second-order valence-corrected chi connectivity index (χ2v) is 7.48. The molecule has 1 aliphatic heterocycles. The number of amides is 4. The number of urea groups is 1. The standard InChI is InChI=1S/C19H24F3N3O3/c1-11(2)25(12(3)4)15(26)10-24-16(27)18(5,23-17(24)28)13-8-6-7-9-14(13)19(20,21)22/h6-9,11-12H,10H2,1-5H3,(H,23,28)/t18-/m1/s1. The molecular weight excluding hydrogens is 375 g/mol. The van der Waals surface area contributed by atoms with Gasteiger partial charge in [0.2, 0.25) is 5.91 Å². The highest BCUT2D eigenvalue weighted by atomic mass is 19.4. The Bertz CT molecular complexity index is 784. The van der Waals surface area contributed by atoms with E-state index in [1.807, 2.05) is 0 Å². The van der Waals surface area contributed by atoms with E-state index in [1.54, 1.807) is 27.7 Å². The van der Waals surface area contributed by atoms with Crippen LogP contribution in [0.15, 0.2) is 24.3 Å². The number of carbonyl (C=O) groups excluding carboxylic acids is 3. The second-order valence-electron chi connectivity index (χ2n) is 7.48. The lowest BCUT2D eigenvalue weighted by Crippen LogP contribution is -2.49. The molecule has 9 heteroatoms. The fourth-order valence-corrected chi connectivity index (χ4v) is 3.58. The van der Waals surface area contributed by atoms with E-state index < -0.39 is 41.7 Å². The Kier molecular flexibility index (Phi) is 5.77. The monoisotopic (exact) mass is 399 g/mol. The van der Waals surface area contributed by atoms with Crippen LogP contribution in [0.1, 0.15) is 45.7 Å². The van der Waals surface area contributed by atoms with E-state index in [4.69, 9.17) is 0 Å². The summed E-state index contributed by atoms with van der Waals surface area (Å²) in [5.41, 5.74) is -3.28. The third-order valence-electron chi connectivity index (χ3n) is 4.74. The smallest absolute Gasteiger partial charge is 0.336 e. The predicted octanol–water partition coefficient (Wildman–Crippen LogP) is 3.12. The molecule has 28 heavy (non-hydrogen) atoms. The molecule has 154 valence electrons. The van der Waals surface area contributed by atoms with Gasteiger partial charge in [-0.15, -0.1) is 0 Å². The molecule has 0 aromatic heterocycles. The van der Waals surface area contributed by atoms with E-state index in [9.17, 15) is 27.6 Å². The van der Waals surface area contributed by atoms with Crippen LogP contribution in [0, 0.1) is 0 Å². The fourth-order valence-electron chi connectivity index (χ4n) is 3.58. The Morgan fingerprint density at radius 3 is 2.18 bits per heavy atom. The van der Waals surface area contributed by atoms with Gasteiger partial charge in [0, 0.05) is 12.1 Å². The summed E-state index contributed by atoms with van der Waals surface area (Å²) in [6.45, 7) is 7.87. The van der Waals surface area contributed by atoms with Gasteiger partial charge in [0.1, 0.15) is 12.1 Å². The minimum Gasteiger partial charge on any atom is -0.336 e. The van der Waals surface area contributed by atoms with Gasteiger partial charge in [-0.05, 0) is 46.2 Å². The molecule has 4 amide bonds. The maximum absolute atomic E-state index is 13.4. The number of rotatable bonds is 5. The highest BCUT2D eigenvalue weighted by Crippen LogP contribution is 2.39. The summed E-state index contributed by atoms with van der Waals surface area (Å²) >= 11 is 0. The van der Waals surface area contributed by atoms with Crippen molar-refractivity contribution in [2.24, 2.45) is 0 Å². The normalized spacial score (nSPS) is 20.1. The van der Waals surface area contributed by atoms with Crippen molar-refractivity contribution in [3.63, 3.8) is 0 Å². The quantitative estimate of drug-likeness (QED) is 0.774. The lowest BCUT2D eigenvalue weighted by molar-refractivity contribution is -0.143. The Labute approximate surface area is 161 Å². The number of alkyl halides is 3. The first-order valence-electron chi connectivity index (χ1n) is 8.92. The van der Waals surface area contributed by atoms with E-state index in [-0.39, 0.29) is 17.6 Å². The zero-order valence-corrected chi connectivity index (χ0v) is 16.4. The molecule has 0 aliphatic carbocycles. The maximum Gasteiger partial charge on any atom is 0.416 e. The van der Waals surface area contributed by atoms with Crippen molar-refractivity contribution < 1.29 is 27.6 Å². The fraction of sp³-hybridized carbons (Fsp3) is 0.526. The highest BCUT2D eigenvalue weighted by Gasteiger charge is 2.52. The summed E-state index contributed by atoms with van der Waals surface area (Å²) in [4.78, 5) is 40.1. The largest absolute Gasteiger partial charge is 0.416 e. The molecule has 6 nitrogen and oxygen atoms in total. The van der Waals surface area contributed by atoms with Crippen LogP contribution in [-0.2, 0) is 21.3 Å². The molecule has 0 unspecified atom stereocenters. The number of carbonyl (C=O) groups is 3. The van der Waals surface area contributed by atoms with Crippen molar-refractivity contribution in [3.8, 4) is 0 Å².